The van der Waals surface area contributed by atoms with Crippen molar-refractivity contribution in [1.82, 2.24) is 19.7 Å². The van der Waals surface area contributed by atoms with Gasteiger partial charge in [0.05, 0.1) is 18.2 Å². The topological polar surface area (TPSA) is 95.3 Å². The largest absolute Gasteiger partial charge is 0.336 e. The zero-order valence-electron chi connectivity index (χ0n) is 16.9. The number of benzene rings is 1. The number of amidine groups is 1. The van der Waals surface area contributed by atoms with Crippen LogP contribution in [0.5, 0.6) is 0 Å². The summed E-state index contributed by atoms with van der Waals surface area (Å²) >= 11 is 0. The van der Waals surface area contributed by atoms with Gasteiger partial charge in [-0.05, 0) is 36.8 Å². The van der Waals surface area contributed by atoms with Crippen molar-refractivity contribution in [1.29, 1.82) is 5.26 Å². The zero-order chi connectivity index (χ0) is 20.8. The number of nitrogens with zero attached hydrogens (tertiary/aromatic N) is 8. The van der Waals surface area contributed by atoms with Crippen LogP contribution in [-0.2, 0) is 7.05 Å². The minimum atomic E-state index is 0.466. The molecule has 146 valence electrons. The monoisotopic (exact) mass is 386 g/mol. The standard InChI is InChI=1S/C21H22N8/c1-15(18-7-5-6-16(12-18)13-22)25-19(23-2)14-28(3)21-27-26-20(29(21)4)17-8-10-24-11-9-17/h5-12H,14H2,1-4H3/b23-19-,25-15+. The molecule has 2 heterocycles. The van der Waals surface area contributed by atoms with Gasteiger partial charge in [-0.25, -0.2) is 4.99 Å². The second kappa shape index (κ2) is 8.89. The predicted octanol–water partition coefficient (Wildman–Crippen LogP) is 2.72. The highest BCUT2D eigenvalue weighted by atomic mass is 15.4. The molecule has 0 radical (unpaired) electrons. The average molecular weight is 386 g/mol. The smallest absolute Gasteiger partial charge is 0.227 e. The molecule has 0 spiro atoms. The normalized spacial score (nSPS) is 12.0. The van der Waals surface area contributed by atoms with E-state index in [2.05, 4.69) is 31.2 Å². The van der Waals surface area contributed by atoms with Gasteiger partial charge in [0.15, 0.2) is 5.82 Å². The lowest BCUT2D eigenvalue weighted by atomic mass is 10.1. The summed E-state index contributed by atoms with van der Waals surface area (Å²) in [5.41, 5.74) is 3.25. The molecular weight excluding hydrogens is 364 g/mol. The second-order valence-electron chi connectivity index (χ2n) is 6.50. The second-order valence-corrected chi connectivity index (χ2v) is 6.50. The van der Waals surface area contributed by atoms with Crippen LogP contribution in [0.15, 0.2) is 58.8 Å². The molecule has 8 nitrogen and oxygen atoms in total. The van der Waals surface area contributed by atoms with E-state index in [1.165, 1.54) is 0 Å². The Morgan fingerprint density at radius 3 is 2.66 bits per heavy atom. The molecule has 0 N–H and O–H groups in total. The molecule has 0 aliphatic heterocycles. The Kier molecular flexibility index (Phi) is 6.09. The highest BCUT2D eigenvalue weighted by Crippen LogP contribution is 2.20. The van der Waals surface area contributed by atoms with E-state index in [0.29, 0.717) is 23.9 Å². The Balaban J connectivity index is 1.79. The van der Waals surface area contributed by atoms with Crippen molar-refractivity contribution in [3.05, 3.63) is 59.9 Å². The summed E-state index contributed by atoms with van der Waals surface area (Å²) in [7, 11) is 5.56. The maximum atomic E-state index is 9.09. The molecule has 0 saturated carbocycles. The fourth-order valence-electron chi connectivity index (χ4n) is 2.92. The van der Waals surface area contributed by atoms with Crippen molar-refractivity contribution in [3.8, 4) is 17.5 Å². The van der Waals surface area contributed by atoms with Crippen LogP contribution in [-0.4, -0.2) is 51.9 Å². The molecule has 0 amide bonds. The van der Waals surface area contributed by atoms with Gasteiger partial charge in [0.2, 0.25) is 5.95 Å². The van der Waals surface area contributed by atoms with Crippen LogP contribution < -0.4 is 4.90 Å². The average Bonchev–Trinajstić information content (AvgIpc) is 3.15. The van der Waals surface area contributed by atoms with E-state index < -0.39 is 0 Å². The number of likely N-dealkylation sites (N-methyl/N-ethyl adjacent to an activating group) is 1. The molecule has 0 fully saturated rings. The van der Waals surface area contributed by atoms with Crippen LogP contribution in [0.4, 0.5) is 5.95 Å². The third-order valence-corrected chi connectivity index (χ3v) is 4.47. The predicted molar refractivity (Wildman–Crippen MR) is 114 cm³/mol. The van der Waals surface area contributed by atoms with E-state index in [9.17, 15) is 0 Å². The number of hydrogen-bond acceptors (Lipinski definition) is 6. The molecule has 2 aromatic heterocycles. The SMILES string of the molecule is C/N=C(CN(C)c1nnc(-c2ccncc2)n1C)\N=C(/C)c1cccc(C#N)c1. The van der Waals surface area contributed by atoms with Crippen LogP contribution in [0.1, 0.15) is 18.1 Å². The number of nitriles is 1. The first-order valence-corrected chi connectivity index (χ1v) is 9.06. The molecule has 1 aromatic carbocycles. The van der Waals surface area contributed by atoms with Crippen LogP contribution in [0.25, 0.3) is 11.4 Å². The number of hydrogen-bond donors (Lipinski definition) is 0. The molecule has 0 bridgehead atoms. The quantitative estimate of drug-likeness (QED) is 0.496. The van der Waals surface area contributed by atoms with E-state index in [0.717, 1.165) is 22.7 Å². The highest BCUT2D eigenvalue weighted by molar-refractivity contribution is 6.07. The Morgan fingerprint density at radius 1 is 1.21 bits per heavy atom. The Morgan fingerprint density at radius 2 is 1.97 bits per heavy atom. The molecule has 0 unspecified atom stereocenters. The van der Waals surface area contributed by atoms with E-state index in [-0.39, 0.29) is 0 Å². The van der Waals surface area contributed by atoms with Crippen molar-refractivity contribution < 1.29 is 0 Å². The van der Waals surface area contributed by atoms with Gasteiger partial charge >= 0.3 is 0 Å². The fraction of sp³-hybridized carbons (Fsp3) is 0.238. The number of aromatic nitrogens is 4. The number of anilines is 1. The minimum absolute atomic E-state index is 0.466. The summed E-state index contributed by atoms with van der Waals surface area (Å²) in [5, 5.41) is 17.7. The maximum Gasteiger partial charge on any atom is 0.227 e. The summed E-state index contributed by atoms with van der Waals surface area (Å²) in [5.74, 6) is 2.12. The highest BCUT2D eigenvalue weighted by Gasteiger charge is 2.15. The van der Waals surface area contributed by atoms with Gasteiger partial charge in [-0.15, -0.1) is 10.2 Å². The van der Waals surface area contributed by atoms with Crippen molar-refractivity contribution in [2.45, 2.75) is 6.92 Å². The summed E-state index contributed by atoms with van der Waals surface area (Å²) in [6.45, 7) is 2.37. The number of pyridine rings is 1. The molecule has 0 aliphatic rings. The summed E-state index contributed by atoms with van der Waals surface area (Å²) in [4.78, 5) is 15.0. The van der Waals surface area contributed by atoms with Gasteiger partial charge in [-0.2, -0.15) is 5.26 Å². The van der Waals surface area contributed by atoms with Crippen molar-refractivity contribution in [2.24, 2.45) is 17.0 Å². The molecule has 0 saturated heterocycles. The molecule has 3 aromatic rings. The van der Waals surface area contributed by atoms with Gasteiger partial charge in [-0.1, -0.05) is 12.1 Å². The lowest BCUT2D eigenvalue weighted by Gasteiger charge is -2.17. The molecule has 3 rings (SSSR count). The Labute approximate surface area is 169 Å². The van der Waals surface area contributed by atoms with Crippen LogP contribution in [0.2, 0.25) is 0 Å². The van der Waals surface area contributed by atoms with E-state index in [4.69, 9.17) is 5.26 Å². The third kappa shape index (κ3) is 4.52. The Bertz CT molecular complexity index is 1090. The molecule has 0 atom stereocenters. The van der Waals surface area contributed by atoms with Gasteiger partial charge < -0.3 is 4.90 Å². The summed E-state index contributed by atoms with van der Waals surface area (Å²) in [6.07, 6.45) is 3.46. The van der Waals surface area contributed by atoms with E-state index in [1.807, 2.05) is 60.8 Å². The van der Waals surface area contributed by atoms with Crippen molar-refractivity contribution in [2.75, 3.05) is 25.5 Å². The lowest BCUT2D eigenvalue weighted by Crippen LogP contribution is -2.27. The van der Waals surface area contributed by atoms with Gasteiger partial charge in [0, 0.05) is 44.8 Å². The lowest BCUT2D eigenvalue weighted by molar-refractivity contribution is 0.854. The van der Waals surface area contributed by atoms with E-state index >= 15 is 0 Å². The molecular formula is C21H22N8. The first kappa shape index (κ1) is 19.9. The fourth-order valence-corrected chi connectivity index (χ4v) is 2.92. The van der Waals surface area contributed by atoms with Crippen molar-refractivity contribution in [3.63, 3.8) is 0 Å². The van der Waals surface area contributed by atoms with Crippen molar-refractivity contribution >= 4 is 17.5 Å². The van der Waals surface area contributed by atoms with Gasteiger partial charge in [-0.3, -0.25) is 14.5 Å². The minimum Gasteiger partial charge on any atom is -0.336 e. The first-order chi connectivity index (χ1) is 14.0. The molecule has 8 heteroatoms. The van der Waals surface area contributed by atoms with Crippen LogP contribution in [0, 0.1) is 11.3 Å². The van der Waals surface area contributed by atoms with Crippen LogP contribution in [0.3, 0.4) is 0 Å². The maximum absolute atomic E-state index is 9.09. The Hall–Kier alpha value is -3.86. The molecule has 0 aliphatic carbocycles. The first-order valence-electron chi connectivity index (χ1n) is 9.06. The molecule has 29 heavy (non-hydrogen) atoms. The third-order valence-electron chi connectivity index (χ3n) is 4.47. The summed E-state index contributed by atoms with van der Waals surface area (Å²) < 4.78 is 1.93. The van der Waals surface area contributed by atoms with Crippen LogP contribution >= 0.6 is 0 Å². The zero-order valence-corrected chi connectivity index (χ0v) is 16.9. The number of rotatable bonds is 5. The summed E-state index contributed by atoms with van der Waals surface area (Å²) in [6, 6.07) is 13.3. The van der Waals surface area contributed by atoms with E-state index in [1.54, 1.807) is 25.5 Å². The number of aliphatic imine (C=N–C) groups is 2. The van der Waals surface area contributed by atoms with Gasteiger partial charge in [0.1, 0.15) is 5.84 Å². The van der Waals surface area contributed by atoms with Gasteiger partial charge in [0.25, 0.3) is 0 Å².